The first-order chi connectivity index (χ1) is 37.2. The average Bonchev–Trinajstić information content (AvgIpc) is 4.12. The smallest absolute Gasteiger partial charge is 0.132 e. The maximum Gasteiger partial charge on any atom is 0.132 e. The van der Waals surface area contributed by atoms with E-state index in [1.807, 2.05) is 11.8 Å². The van der Waals surface area contributed by atoms with E-state index in [0.717, 1.165) is 39.7 Å². The molecule has 2 nitrogen and oxygen atoms in total. The number of hydrogen-bond donors (Lipinski definition) is 0. The second-order valence-corrected chi connectivity index (χ2v) is 21.3. The average molecular weight is 972 g/mol. The van der Waals surface area contributed by atoms with Crippen LogP contribution in [0.3, 0.4) is 0 Å². The summed E-state index contributed by atoms with van der Waals surface area (Å²) in [5.41, 5.74) is 22.2. The van der Waals surface area contributed by atoms with Gasteiger partial charge in [0.15, 0.2) is 0 Å². The van der Waals surface area contributed by atoms with E-state index in [1.54, 1.807) is 0 Å². The minimum absolute atomic E-state index is 0.469. The molecule has 2 heterocycles. The van der Waals surface area contributed by atoms with E-state index >= 15 is 0 Å². The molecule has 2 aliphatic carbocycles. The fourth-order valence-corrected chi connectivity index (χ4v) is 14.6. The molecule has 0 saturated carbocycles. The summed E-state index contributed by atoms with van der Waals surface area (Å²) < 4.78 is 6.75. The van der Waals surface area contributed by atoms with Crippen molar-refractivity contribution in [2.45, 2.75) is 20.6 Å². The molecule has 75 heavy (non-hydrogen) atoms. The topological polar surface area (TPSA) is 12.5 Å². The highest BCUT2D eigenvalue weighted by atomic mass is 32.2. The van der Waals surface area contributed by atoms with Crippen LogP contribution in [-0.4, -0.2) is 0 Å². The predicted molar refractivity (Wildman–Crippen MR) is 308 cm³/mol. The van der Waals surface area contributed by atoms with Crippen molar-refractivity contribution in [2.24, 2.45) is 0 Å². The zero-order chi connectivity index (χ0) is 49.2. The van der Waals surface area contributed by atoms with Crippen molar-refractivity contribution in [3.05, 3.63) is 317 Å². The van der Waals surface area contributed by atoms with E-state index in [4.69, 9.17) is 4.74 Å². The highest BCUT2D eigenvalue weighted by molar-refractivity contribution is 7.99. The third kappa shape index (κ3) is 5.99. The third-order valence-electron chi connectivity index (χ3n) is 16.6. The number of anilines is 3. The standard InChI is InChI=1S/C72H45NOS/c1-2-16-46(17-3-1)47-30-32-48(33-31-47)49-34-37-52(38-35-49)73(54-40-41-57-55-18-4-6-20-59(55)71(66(57)45-54)61-22-8-12-26-67(61)74-68-27-13-9-23-62(68)71)53-39-36-50-43-58-56-19-5-7-21-60(56)72(65(58)44-51(50)42-53)63-24-10-14-28-69(63)75-70-29-15-11-25-64(70)72/h1-45H. The number of benzene rings is 12. The second-order valence-electron chi connectivity index (χ2n) is 20.3. The Bertz CT molecular complexity index is 4220. The first-order valence-corrected chi connectivity index (χ1v) is 26.7. The van der Waals surface area contributed by atoms with Crippen molar-refractivity contribution in [3.63, 3.8) is 0 Å². The van der Waals surface area contributed by atoms with Crippen LogP contribution in [0, 0.1) is 0 Å². The molecule has 0 bridgehead atoms. The van der Waals surface area contributed by atoms with Crippen LogP contribution in [0.5, 0.6) is 11.5 Å². The summed E-state index contributed by atoms with van der Waals surface area (Å²) >= 11 is 1.89. The molecule has 16 rings (SSSR count). The molecule has 4 aliphatic rings. The quantitative estimate of drug-likeness (QED) is 0.171. The molecular formula is C72H45NOS. The highest BCUT2D eigenvalue weighted by Gasteiger charge is 2.52. The molecule has 0 amide bonds. The van der Waals surface area contributed by atoms with Crippen molar-refractivity contribution in [1.29, 1.82) is 0 Å². The van der Waals surface area contributed by atoms with Gasteiger partial charge in [-0.05, 0) is 161 Å². The lowest BCUT2D eigenvalue weighted by molar-refractivity contribution is 0.436. The van der Waals surface area contributed by atoms with E-state index in [-0.39, 0.29) is 0 Å². The molecule has 0 saturated heterocycles. The summed E-state index contributed by atoms with van der Waals surface area (Å²) in [5, 5.41) is 2.41. The van der Waals surface area contributed by atoms with E-state index in [1.165, 1.54) is 98.5 Å². The largest absolute Gasteiger partial charge is 0.457 e. The SMILES string of the molecule is c1ccc(-c2ccc(-c3ccc(N(c4ccc5c(c4)C4(c6ccccc6Oc6ccccc64)c4ccccc4-5)c4ccc5cc6c(cc5c4)C4(c5ccccc5Sc5ccccc54)c4ccccc4-6)cc3)cc2)cc1. The molecule has 3 heteroatoms. The Balaban J connectivity index is 0.910. The molecule has 0 fully saturated rings. The number of fused-ring (bicyclic) bond motifs is 19. The third-order valence-corrected chi connectivity index (χ3v) is 17.7. The zero-order valence-electron chi connectivity index (χ0n) is 40.7. The van der Waals surface area contributed by atoms with Gasteiger partial charge in [0.25, 0.3) is 0 Å². The van der Waals surface area contributed by atoms with Gasteiger partial charge in [-0.2, -0.15) is 0 Å². The molecule has 12 aromatic rings. The van der Waals surface area contributed by atoms with Gasteiger partial charge in [0, 0.05) is 38.0 Å². The van der Waals surface area contributed by atoms with Crippen LogP contribution in [0.15, 0.2) is 283 Å². The van der Waals surface area contributed by atoms with E-state index in [0.29, 0.717) is 0 Å². The van der Waals surface area contributed by atoms with Crippen LogP contribution in [0.2, 0.25) is 0 Å². The molecule has 0 aromatic heterocycles. The van der Waals surface area contributed by atoms with E-state index in [2.05, 4.69) is 278 Å². The molecular weight excluding hydrogens is 927 g/mol. The summed E-state index contributed by atoms with van der Waals surface area (Å²) in [7, 11) is 0. The molecule has 0 N–H and O–H groups in total. The summed E-state index contributed by atoms with van der Waals surface area (Å²) in [4.78, 5) is 5.08. The van der Waals surface area contributed by atoms with Crippen LogP contribution in [0.1, 0.15) is 44.5 Å². The van der Waals surface area contributed by atoms with Gasteiger partial charge >= 0.3 is 0 Å². The number of nitrogens with zero attached hydrogens (tertiary/aromatic N) is 1. The summed E-state index contributed by atoms with van der Waals surface area (Å²) in [5.74, 6) is 1.77. The number of ether oxygens (including phenoxy) is 1. The summed E-state index contributed by atoms with van der Waals surface area (Å²) in [6.45, 7) is 0. The van der Waals surface area contributed by atoms with Crippen molar-refractivity contribution in [2.75, 3.05) is 4.90 Å². The van der Waals surface area contributed by atoms with Gasteiger partial charge in [0.2, 0.25) is 0 Å². The monoisotopic (exact) mass is 971 g/mol. The fraction of sp³-hybridized carbons (Fsp3) is 0.0278. The molecule has 0 radical (unpaired) electrons. The van der Waals surface area contributed by atoms with Crippen molar-refractivity contribution >= 4 is 39.6 Å². The second kappa shape index (κ2) is 16.2. The predicted octanol–water partition coefficient (Wildman–Crippen LogP) is 18.9. The Morgan fingerprint density at radius 2 is 0.693 bits per heavy atom. The van der Waals surface area contributed by atoms with Crippen LogP contribution in [0.4, 0.5) is 17.1 Å². The molecule has 2 aliphatic heterocycles. The molecule has 0 unspecified atom stereocenters. The maximum atomic E-state index is 6.75. The zero-order valence-corrected chi connectivity index (χ0v) is 41.6. The number of para-hydroxylation sites is 2. The molecule has 0 atom stereocenters. The molecule has 350 valence electrons. The summed E-state index contributed by atoms with van der Waals surface area (Å²) in [6.07, 6.45) is 0. The maximum absolute atomic E-state index is 6.75. The van der Waals surface area contributed by atoms with Gasteiger partial charge in [-0.25, -0.2) is 0 Å². The molecule has 12 aromatic carbocycles. The minimum atomic E-state index is -0.604. The normalized spacial score (nSPS) is 14.1. The number of rotatable bonds is 5. The van der Waals surface area contributed by atoms with Gasteiger partial charge in [0.1, 0.15) is 11.5 Å². The van der Waals surface area contributed by atoms with Crippen LogP contribution in [0.25, 0.3) is 55.3 Å². The van der Waals surface area contributed by atoms with Gasteiger partial charge in [0.05, 0.1) is 10.8 Å². The lowest BCUT2D eigenvalue weighted by Gasteiger charge is -2.39. The lowest BCUT2D eigenvalue weighted by Crippen LogP contribution is -2.32. The molecule has 2 spiro atoms. The van der Waals surface area contributed by atoms with Gasteiger partial charge in [-0.3, -0.25) is 0 Å². The van der Waals surface area contributed by atoms with Crippen LogP contribution in [-0.2, 0) is 10.8 Å². The van der Waals surface area contributed by atoms with Gasteiger partial charge < -0.3 is 9.64 Å². The van der Waals surface area contributed by atoms with Crippen molar-refractivity contribution in [1.82, 2.24) is 0 Å². The minimum Gasteiger partial charge on any atom is -0.457 e. The van der Waals surface area contributed by atoms with Crippen molar-refractivity contribution in [3.8, 4) is 56.0 Å². The van der Waals surface area contributed by atoms with E-state index in [9.17, 15) is 0 Å². The first kappa shape index (κ1) is 42.4. The van der Waals surface area contributed by atoms with Crippen molar-refractivity contribution < 1.29 is 4.74 Å². The highest BCUT2D eigenvalue weighted by Crippen LogP contribution is 2.64. The number of hydrogen-bond acceptors (Lipinski definition) is 3. The van der Waals surface area contributed by atoms with E-state index < -0.39 is 10.8 Å². The van der Waals surface area contributed by atoms with Gasteiger partial charge in [-0.1, -0.05) is 212 Å². The van der Waals surface area contributed by atoms with Crippen LogP contribution >= 0.6 is 11.8 Å². The van der Waals surface area contributed by atoms with Gasteiger partial charge in [-0.15, -0.1) is 0 Å². The first-order valence-electron chi connectivity index (χ1n) is 25.9. The van der Waals surface area contributed by atoms with Crippen LogP contribution < -0.4 is 9.64 Å². The Kier molecular flexibility index (Phi) is 9.14. The lowest BCUT2D eigenvalue weighted by atomic mass is 9.66. The Labute approximate surface area is 440 Å². The summed E-state index contributed by atoms with van der Waals surface area (Å²) in [6, 6.07) is 101. The Hall–Kier alpha value is -9.15. The Morgan fingerprint density at radius 1 is 0.267 bits per heavy atom. The Morgan fingerprint density at radius 3 is 1.32 bits per heavy atom. The fourth-order valence-electron chi connectivity index (χ4n) is 13.4.